The van der Waals surface area contributed by atoms with Crippen molar-refractivity contribution in [3.05, 3.63) is 48.0 Å². The van der Waals surface area contributed by atoms with Gasteiger partial charge in [-0.25, -0.2) is 4.79 Å². The zero-order valence-corrected chi connectivity index (χ0v) is 15.2. The van der Waals surface area contributed by atoms with Crippen molar-refractivity contribution in [1.29, 1.82) is 0 Å². The summed E-state index contributed by atoms with van der Waals surface area (Å²) in [5.74, 6) is -0.419. The van der Waals surface area contributed by atoms with Crippen LogP contribution in [0.25, 0.3) is 0 Å². The number of nitrogens with one attached hydrogen (secondary N) is 1. The van der Waals surface area contributed by atoms with Crippen LogP contribution in [0.3, 0.4) is 0 Å². The summed E-state index contributed by atoms with van der Waals surface area (Å²) in [4.78, 5) is 23.7. The third kappa shape index (κ3) is 6.16. The Labute approximate surface area is 152 Å². The molecule has 0 saturated heterocycles. The second-order valence-electron chi connectivity index (χ2n) is 7.02. The van der Waals surface area contributed by atoms with Crippen LogP contribution in [0.5, 0.6) is 0 Å². The SMILES string of the molecule is CC(C)(C)C(=O)O[C@@H]1C=C[C@@H](O)[C@@H](CNC(=O)OCc2ccccc2)O1. The lowest BCUT2D eigenvalue weighted by atomic mass is 9.97. The minimum absolute atomic E-state index is 0.0166. The molecule has 1 aromatic carbocycles. The summed E-state index contributed by atoms with van der Waals surface area (Å²) in [6.07, 6.45) is -0.250. The molecule has 1 aliphatic rings. The van der Waals surface area contributed by atoms with Crippen molar-refractivity contribution in [3.63, 3.8) is 0 Å². The van der Waals surface area contributed by atoms with Crippen LogP contribution < -0.4 is 5.32 Å². The number of carbonyl (C=O) groups excluding carboxylic acids is 2. The first kappa shape index (κ1) is 19.9. The van der Waals surface area contributed by atoms with E-state index in [1.807, 2.05) is 30.3 Å². The fraction of sp³-hybridized carbons (Fsp3) is 0.474. The number of alkyl carbamates (subject to hydrolysis) is 1. The number of aliphatic hydroxyl groups is 1. The average Bonchev–Trinajstić information content (AvgIpc) is 2.60. The standard InChI is InChI=1S/C19H25NO6/c1-19(2,3)17(22)26-16-10-9-14(21)15(25-16)11-20-18(23)24-12-13-7-5-4-6-8-13/h4-10,14-16,21H,11-12H2,1-3H3,(H,20,23)/t14-,15-,16-/m1/s1. The quantitative estimate of drug-likeness (QED) is 0.615. The zero-order chi connectivity index (χ0) is 19.2. The van der Waals surface area contributed by atoms with Crippen LogP contribution in [0.2, 0.25) is 0 Å². The molecule has 1 aromatic rings. The van der Waals surface area contributed by atoms with Gasteiger partial charge in [0.15, 0.2) is 0 Å². The molecule has 1 aliphatic heterocycles. The third-order valence-corrected chi connectivity index (χ3v) is 3.65. The highest BCUT2D eigenvalue weighted by Gasteiger charge is 2.31. The fourth-order valence-electron chi connectivity index (χ4n) is 2.10. The van der Waals surface area contributed by atoms with Gasteiger partial charge >= 0.3 is 12.1 Å². The Morgan fingerprint density at radius 3 is 2.54 bits per heavy atom. The second-order valence-corrected chi connectivity index (χ2v) is 7.02. The van der Waals surface area contributed by atoms with Crippen molar-refractivity contribution >= 4 is 12.1 Å². The van der Waals surface area contributed by atoms with Crippen molar-refractivity contribution in [3.8, 4) is 0 Å². The fourth-order valence-corrected chi connectivity index (χ4v) is 2.10. The molecular formula is C19H25NO6. The number of hydrogen-bond acceptors (Lipinski definition) is 6. The molecule has 7 nitrogen and oxygen atoms in total. The summed E-state index contributed by atoms with van der Waals surface area (Å²) in [7, 11) is 0. The van der Waals surface area contributed by atoms with E-state index in [2.05, 4.69) is 5.32 Å². The lowest BCUT2D eigenvalue weighted by Crippen LogP contribution is -2.45. The number of benzene rings is 1. The Bertz CT molecular complexity index is 637. The predicted molar refractivity (Wildman–Crippen MR) is 94.0 cm³/mol. The molecular weight excluding hydrogens is 338 g/mol. The summed E-state index contributed by atoms with van der Waals surface area (Å²) in [5, 5.41) is 12.5. The number of hydrogen-bond donors (Lipinski definition) is 2. The van der Waals surface area contributed by atoms with E-state index in [0.717, 1.165) is 5.56 Å². The smallest absolute Gasteiger partial charge is 0.407 e. The lowest BCUT2D eigenvalue weighted by molar-refractivity contribution is -0.195. The second kappa shape index (κ2) is 8.82. The summed E-state index contributed by atoms with van der Waals surface area (Å²) < 4.78 is 15.9. The number of aliphatic hydroxyl groups excluding tert-OH is 1. The van der Waals surface area contributed by atoms with E-state index < -0.39 is 36.0 Å². The molecule has 0 radical (unpaired) electrons. The van der Waals surface area contributed by atoms with E-state index in [1.165, 1.54) is 12.2 Å². The molecule has 7 heteroatoms. The number of esters is 1. The van der Waals surface area contributed by atoms with E-state index in [9.17, 15) is 14.7 Å². The van der Waals surface area contributed by atoms with Crippen LogP contribution in [0.15, 0.2) is 42.5 Å². The van der Waals surface area contributed by atoms with Gasteiger partial charge in [0, 0.05) is 0 Å². The van der Waals surface area contributed by atoms with Crippen LogP contribution in [0.4, 0.5) is 4.79 Å². The summed E-state index contributed by atoms with van der Waals surface area (Å²) in [6, 6.07) is 9.28. The van der Waals surface area contributed by atoms with Crippen LogP contribution in [0.1, 0.15) is 26.3 Å². The molecule has 0 spiro atoms. The first-order valence-electron chi connectivity index (χ1n) is 8.43. The van der Waals surface area contributed by atoms with Crippen LogP contribution >= 0.6 is 0 Å². The topological polar surface area (TPSA) is 94.1 Å². The molecule has 2 N–H and O–H groups in total. The number of amides is 1. The van der Waals surface area contributed by atoms with Crippen LogP contribution in [-0.2, 0) is 25.6 Å². The maximum Gasteiger partial charge on any atom is 0.407 e. The summed E-state index contributed by atoms with van der Waals surface area (Å²) in [5.41, 5.74) is 0.205. The van der Waals surface area contributed by atoms with Gasteiger partial charge < -0.3 is 24.6 Å². The van der Waals surface area contributed by atoms with E-state index in [1.54, 1.807) is 20.8 Å². The van der Waals surface area contributed by atoms with E-state index in [-0.39, 0.29) is 13.2 Å². The molecule has 3 atom stereocenters. The molecule has 0 aliphatic carbocycles. The number of ether oxygens (including phenoxy) is 3. The summed E-state index contributed by atoms with van der Waals surface area (Å²) >= 11 is 0. The Hall–Kier alpha value is -2.38. The van der Waals surface area contributed by atoms with Gasteiger partial charge in [-0.1, -0.05) is 36.4 Å². The van der Waals surface area contributed by atoms with Crippen molar-refractivity contribution < 1.29 is 28.9 Å². The Balaban J connectivity index is 1.78. The van der Waals surface area contributed by atoms with Gasteiger partial charge in [-0.05, 0) is 32.4 Å². The first-order valence-corrected chi connectivity index (χ1v) is 8.43. The van der Waals surface area contributed by atoms with Gasteiger partial charge in [0.2, 0.25) is 6.29 Å². The molecule has 0 bridgehead atoms. The minimum Gasteiger partial charge on any atom is -0.445 e. The molecule has 0 aromatic heterocycles. The number of carbonyl (C=O) groups is 2. The molecule has 1 heterocycles. The zero-order valence-electron chi connectivity index (χ0n) is 15.2. The van der Waals surface area contributed by atoms with E-state index in [0.29, 0.717) is 0 Å². The van der Waals surface area contributed by atoms with Crippen molar-refractivity contribution in [2.75, 3.05) is 6.54 Å². The minimum atomic E-state index is -0.922. The van der Waals surface area contributed by atoms with Gasteiger partial charge in [-0.15, -0.1) is 0 Å². The highest BCUT2D eigenvalue weighted by atomic mass is 16.7. The molecule has 0 unspecified atom stereocenters. The van der Waals surface area contributed by atoms with Crippen molar-refractivity contribution in [2.24, 2.45) is 5.41 Å². The average molecular weight is 363 g/mol. The molecule has 0 fully saturated rings. The monoisotopic (exact) mass is 363 g/mol. The Kier molecular flexibility index (Phi) is 6.76. The van der Waals surface area contributed by atoms with E-state index >= 15 is 0 Å². The molecule has 26 heavy (non-hydrogen) atoms. The van der Waals surface area contributed by atoms with Crippen LogP contribution in [-0.4, -0.2) is 42.2 Å². The van der Waals surface area contributed by atoms with Gasteiger partial charge in [-0.2, -0.15) is 0 Å². The lowest BCUT2D eigenvalue weighted by Gasteiger charge is -2.30. The molecule has 142 valence electrons. The normalized spacial score (nSPS) is 22.5. The highest BCUT2D eigenvalue weighted by Crippen LogP contribution is 2.20. The maximum absolute atomic E-state index is 11.9. The van der Waals surface area contributed by atoms with Gasteiger partial charge in [0.1, 0.15) is 18.8 Å². The first-order chi connectivity index (χ1) is 12.3. The van der Waals surface area contributed by atoms with Gasteiger partial charge in [0.05, 0.1) is 12.0 Å². The summed E-state index contributed by atoms with van der Waals surface area (Å²) in [6.45, 7) is 5.37. The van der Waals surface area contributed by atoms with Gasteiger partial charge in [0.25, 0.3) is 0 Å². The van der Waals surface area contributed by atoms with Crippen LogP contribution in [0, 0.1) is 5.41 Å². The predicted octanol–water partition coefficient (Wildman–Crippen LogP) is 2.14. The Morgan fingerprint density at radius 1 is 1.19 bits per heavy atom. The molecule has 1 amide bonds. The third-order valence-electron chi connectivity index (χ3n) is 3.65. The molecule has 0 saturated carbocycles. The number of rotatable bonds is 5. The van der Waals surface area contributed by atoms with Crippen molar-refractivity contribution in [1.82, 2.24) is 5.32 Å². The largest absolute Gasteiger partial charge is 0.445 e. The molecule has 2 rings (SSSR count). The van der Waals surface area contributed by atoms with E-state index in [4.69, 9.17) is 14.2 Å². The van der Waals surface area contributed by atoms with Crippen molar-refractivity contribution in [2.45, 2.75) is 45.9 Å². The highest BCUT2D eigenvalue weighted by molar-refractivity contribution is 5.75. The Morgan fingerprint density at radius 2 is 1.88 bits per heavy atom. The maximum atomic E-state index is 11.9. The van der Waals surface area contributed by atoms with Gasteiger partial charge in [-0.3, -0.25) is 4.79 Å².